The summed E-state index contributed by atoms with van der Waals surface area (Å²) in [6.45, 7) is 1.27. The number of anilines is 1. The third kappa shape index (κ3) is 3.71. The van der Waals surface area contributed by atoms with Gasteiger partial charge in [-0.2, -0.15) is 8.42 Å². The fourth-order valence-corrected chi connectivity index (χ4v) is 3.84. The van der Waals surface area contributed by atoms with Gasteiger partial charge in [0, 0.05) is 17.4 Å². The van der Waals surface area contributed by atoms with Gasteiger partial charge >= 0.3 is 0 Å². The van der Waals surface area contributed by atoms with E-state index < -0.39 is 16.7 Å². The molecule has 9 heteroatoms. The van der Waals surface area contributed by atoms with E-state index in [1.807, 2.05) is 13.0 Å². The van der Waals surface area contributed by atoms with Crippen LogP contribution in [-0.2, 0) is 23.1 Å². The molecule has 3 rings (SSSR count). The first-order valence-corrected chi connectivity index (χ1v) is 9.65. The summed E-state index contributed by atoms with van der Waals surface area (Å²) < 4.78 is 42.1. The van der Waals surface area contributed by atoms with Crippen LogP contribution in [0, 0.1) is 0 Å². The standard InChI is InChI=1S/C17H16ClFN4O2S/c1-2-12-4-3-5-14(6-12)22-26(24,25)16-10-20-11-23(16)17-15(18)7-13(8-19)9-21-17/h3-7,9-11,22H,2,8H2,1H3. The fraction of sp³-hybridized carbons (Fsp3) is 0.176. The quantitative estimate of drug-likeness (QED) is 0.690. The van der Waals surface area contributed by atoms with Gasteiger partial charge < -0.3 is 0 Å². The fourth-order valence-electron chi connectivity index (χ4n) is 2.42. The third-order valence-electron chi connectivity index (χ3n) is 3.73. The lowest BCUT2D eigenvalue weighted by molar-refractivity contribution is 0.484. The highest BCUT2D eigenvalue weighted by atomic mass is 35.5. The molecule has 2 heterocycles. The summed E-state index contributed by atoms with van der Waals surface area (Å²) in [6.07, 6.45) is 4.58. The average molecular weight is 395 g/mol. The van der Waals surface area contributed by atoms with Gasteiger partial charge in [-0.3, -0.25) is 9.29 Å². The Kier molecular flexibility index (Phi) is 5.24. The second kappa shape index (κ2) is 7.43. The van der Waals surface area contributed by atoms with Gasteiger partial charge in [0.1, 0.15) is 13.0 Å². The molecule has 0 aliphatic heterocycles. The Balaban J connectivity index is 1.99. The molecular weight excluding hydrogens is 379 g/mol. The average Bonchev–Trinajstić information content (AvgIpc) is 3.12. The summed E-state index contributed by atoms with van der Waals surface area (Å²) in [5.41, 5.74) is 1.76. The Morgan fingerprint density at radius 3 is 2.73 bits per heavy atom. The Bertz CT molecular complexity index is 1040. The first kappa shape index (κ1) is 18.3. The van der Waals surface area contributed by atoms with Crippen LogP contribution in [0.4, 0.5) is 10.1 Å². The van der Waals surface area contributed by atoms with E-state index in [2.05, 4.69) is 14.7 Å². The zero-order valence-electron chi connectivity index (χ0n) is 13.9. The van der Waals surface area contributed by atoms with Gasteiger partial charge in [-0.15, -0.1) is 0 Å². The van der Waals surface area contributed by atoms with Crippen molar-refractivity contribution in [3.63, 3.8) is 0 Å². The van der Waals surface area contributed by atoms with Gasteiger partial charge in [-0.25, -0.2) is 14.4 Å². The number of hydrogen-bond acceptors (Lipinski definition) is 4. The largest absolute Gasteiger partial charge is 0.279 e. The van der Waals surface area contributed by atoms with Crippen LogP contribution in [0.2, 0.25) is 5.02 Å². The summed E-state index contributed by atoms with van der Waals surface area (Å²) in [7, 11) is -3.93. The van der Waals surface area contributed by atoms with E-state index in [9.17, 15) is 12.8 Å². The molecule has 0 atom stereocenters. The molecule has 26 heavy (non-hydrogen) atoms. The molecule has 0 saturated heterocycles. The van der Waals surface area contributed by atoms with Gasteiger partial charge in [0.05, 0.1) is 11.2 Å². The molecule has 6 nitrogen and oxygen atoms in total. The second-order valence-corrected chi connectivity index (χ2v) is 7.58. The molecular formula is C17H16ClFN4O2S. The Morgan fingerprint density at radius 2 is 2.04 bits per heavy atom. The Morgan fingerprint density at radius 1 is 1.23 bits per heavy atom. The molecule has 0 amide bonds. The predicted octanol–water partition coefficient (Wildman–Crippen LogP) is 3.75. The molecule has 0 unspecified atom stereocenters. The summed E-state index contributed by atoms with van der Waals surface area (Å²) in [5.74, 6) is 0.157. The topological polar surface area (TPSA) is 76.9 Å². The van der Waals surface area contributed by atoms with E-state index in [0.29, 0.717) is 11.3 Å². The normalized spacial score (nSPS) is 11.5. The maximum absolute atomic E-state index is 12.8. The van der Waals surface area contributed by atoms with Crippen LogP contribution >= 0.6 is 11.6 Å². The summed E-state index contributed by atoms with van der Waals surface area (Å²) >= 11 is 6.13. The zero-order chi connectivity index (χ0) is 18.7. The molecule has 1 N–H and O–H groups in total. The lowest BCUT2D eigenvalue weighted by Gasteiger charge is -2.12. The molecule has 0 aliphatic carbocycles. The van der Waals surface area contributed by atoms with E-state index in [1.54, 1.807) is 18.2 Å². The Hall–Kier alpha value is -2.45. The second-order valence-electron chi connectivity index (χ2n) is 5.54. The number of pyridine rings is 1. The number of aryl methyl sites for hydroxylation is 1. The van der Waals surface area contributed by atoms with E-state index in [-0.39, 0.29) is 15.9 Å². The van der Waals surface area contributed by atoms with Crippen molar-refractivity contribution in [3.8, 4) is 5.82 Å². The molecule has 1 aromatic carbocycles. The van der Waals surface area contributed by atoms with Crippen LogP contribution < -0.4 is 4.72 Å². The van der Waals surface area contributed by atoms with E-state index >= 15 is 0 Å². The highest BCUT2D eigenvalue weighted by Gasteiger charge is 2.22. The van der Waals surface area contributed by atoms with Crippen molar-refractivity contribution in [1.82, 2.24) is 14.5 Å². The van der Waals surface area contributed by atoms with Gasteiger partial charge in [-0.05, 0) is 30.2 Å². The number of hydrogen-bond donors (Lipinski definition) is 1. The summed E-state index contributed by atoms with van der Waals surface area (Å²) in [4.78, 5) is 7.95. The number of sulfonamides is 1. The van der Waals surface area contributed by atoms with Gasteiger partial charge in [0.2, 0.25) is 0 Å². The minimum absolute atomic E-state index is 0.123. The van der Waals surface area contributed by atoms with Crippen LogP contribution in [-0.4, -0.2) is 23.0 Å². The zero-order valence-corrected chi connectivity index (χ0v) is 15.4. The van der Waals surface area contributed by atoms with Crippen molar-refractivity contribution >= 4 is 27.3 Å². The van der Waals surface area contributed by atoms with Gasteiger partial charge in [-0.1, -0.05) is 30.7 Å². The monoisotopic (exact) mass is 394 g/mol. The van der Waals surface area contributed by atoms with Crippen LogP contribution in [0.25, 0.3) is 5.82 Å². The van der Waals surface area contributed by atoms with E-state index in [0.717, 1.165) is 12.0 Å². The number of imidazole rings is 1. The third-order valence-corrected chi connectivity index (χ3v) is 5.36. The van der Waals surface area contributed by atoms with Gasteiger partial charge in [0.15, 0.2) is 10.8 Å². The molecule has 0 radical (unpaired) electrons. The number of alkyl halides is 1. The minimum Gasteiger partial charge on any atom is -0.278 e. The van der Waals surface area contributed by atoms with Crippen LogP contribution in [0.3, 0.4) is 0 Å². The molecule has 2 aromatic heterocycles. The molecule has 0 bridgehead atoms. The van der Waals surface area contributed by atoms with E-state index in [1.165, 1.54) is 29.4 Å². The van der Waals surface area contributed by atoms with Crippen molar-refractivity contribution < 1.29 is 12.8 Å². The smallest absolute Gasteiger partial charge is 0.278 e. The number of nitrogens with zero attached hydrogens (tertiary/aromatic N) is 3. The number of aromatic nitrogens is 3. The SMILES string of the molecule is CCc1cccc(NS(=O)(=O)c2cncn2-c2ncc(CF)cc2Cl)c1. The molecule has 0 fully saturated rings. The van der Waals surface area contributed by atoms with Crippen LogP contribution in [0.1, 0.15) is 18.1 Å². The minimum atomic E-state index is -3.93. The van der Waals surface area contributed by atoms with Crippen molar-refractivity contribution in [1.29, 1.82) is 0 Å². The lowest BCUT2D eigenvalue weighted by atomic mass is 10.1. The molecule has 0 aliphatic rings. The highest BCUT2D eigenvalue weighted by Crippen LogP contribution is 2.24. The van der Waals surface area contributed by atoms with Crippen molar-refractivity contribution in [3.05, 3.63) is 65.2 Å². The van der Waals surface area contributed by atoms with Crippen molar-refractivity contribution in [2.75, 3.05) is 4.72 Å². The number of halogens is 2. The summed E-state index contributed by atoms with van der Waals surface area (Å²) in [5, 5.41) is 0.00406. The first-order valence-electron chi connectivity index (χ1n) is 7.79. The number of rotatable bonds is 6. The van der Waals surface area contributed by atoms with Crippen LogP contribution in [0.15, 0.2) is 54.1 Å². The van der Waals surface area contributed by atoms with Gasteiger partial charge in [0.25, 0.3) is 10.0 Å². The molecule has 0 spiro atoms. The number of benzene rings is 1. The summed E-state index contributed by atoms with van der Waals surface area (Å²) in [6, 6.07) is 8.52. The molecule has 0 saturated carbocycles. The van der Waals surface area contributed by atoms with Crippen molar-refractivity contribution in [2.24, 2.45) is 0 Å². The van der Waals surface area contributed by atoms with E-state index in [4.69, 9.17) is 11.6 Å². The maximum Gasteiger partial charge on any atom is 0.279 e. The molecule has 3 aromatic rings. The molecule has 136 valence electrons. The lowest BCUT2D eigenvalue weighted by Crippen LogP contribution is -2.17. The highest BCUT2D eigenvalue weighted by molar-refractivity contribution is 7.92. The Labute approximate surface area is 155 Å². The maximum atomic E-state index is 12.8. The van der Waals surface area contributed by atoms with Crippen LogP contribution in [0.5, 0.6) is 0 Å². The number of nitrogens with one attached hydrogen (secondary N) is 1. The predicted molar refractivity (Wildman–Crippen MR) is 97.8 cm³/mol. The van der Waals surface area contributed by atoms with Crippen molar-refractivity contribution in [2.45, 2.75) is 25.0 Å². The first-order chi connectivity index (χ1) is 12.4.